The first kappa shape index (κ1) is 11.0. The Morgan fingerprint density at radius 2 is 2.00 bits per heavy atom. The molecule has 0 aromatic rings. The molecule has 0 unspecified atom stereocenters. The highest BCUT2D eigenvalue weighted by molar-refractivity contribution is 7.92. The van der Waals surface area contributed by atoms with Gasteiger partial charge in [-0.1, -0.05) is 13.8 Å². The molecule has 0 saturated heterocycles. The summed E-state index contributed by atoms with van der Waals surface area (Å²) in [5, 5.41) is -0.124. The Bertz CT molecular complexity index is 261. The molecule has 1 aliphatic carbocycles. The minimum Gasteiger partial charge on any atom is -0.330 e. The first-order valence-corrected chi connectivity index (χ1v) is 6.64. The summed E-state index contributed by atoms with van der Waals surface area (Å²) in [5.41, 5.74) is 5.58. The molecule has 0 aromatic heterocycles. The number of hydrogen-bond acceptors (Lipinski definition) is 3. The van der Waals surface area contributed by atoms with E-state index in [1.165, 1.54) is 0 Å². The predicted octanol–water partition coefficient (Wildman–Crippen LogP) is 0.795. The first-order chi connectivity index (χ1) is 6.01. The van der Waals surface area contributed by atoms with Crippen molar-refractivity contribution in [3.8, 4) is 0 Å². The van der Waals surface area contributed by atoms with Gasteiger partial charge in [0, 0.05) is 5.75 Å². The summed E-state index contributed by atoms with van der Waals surface area (Å²) >= 11 is 0. The molecule has 1 fully saturated rings. The van der Waals surface area contributed by atoms with E-state index in [2.05, 4.69) is 6.92 Å². The van der Waals surface area contributed by atoms with E-state index in [4.69, 9.17) is 5.73 Å². The van der Waals surface area contributed by atoms with Crippen molar-refractivity contribution in [1.29, 1.82) is 0 Å². The minimum atomic E-state index is -2.83. The Hall–Kier alpha value is -0.0900. The monoisotopic (exact) mass is 205 g/mol. The molecule has 78 valence electrons. The van der Waals surface area contributed by atoms with Crippen LogP contribution < -0.4 is 5.73 Å². The maximum atomic E-state index is 11.6. The van der Waals surface area contributed by atoms with Crippen LogP contribution in [-0.2, 0) is 9.84 Å². The number of nitrogens with two attached hydrogens (primary N) is 1. The van der Waals surface area contributed by atoms with Gasteiger partial charge in [0.05, 0.1) is 5.25 Å². The zero-order valence-electron chi connectivity index (χ0n) is 8.36. The van der Waals surface area contributed by atoms with Crippen LogP contribution in [0.3, 0.4) is 0 Å². The van der Waals surface area contributed by atoms with Crippen LogP contribution in [0.15, 0.2) is 0 Å². The molecule has 1 rings (SSSR count). The Morgan fingerprint density at radius 1 is 1.38 bits per heavy atom. The van der Waals surface area contributed by atoms with Gasteiger partial charge in [0.2, 0.25) is 0 Å². The molecule has 0 aromatic carbocycles. The van der Waals surface area contributed by atoms with Gasteiger partial charge in [0.25, 0.3) is 0 Å². The molecular formula is C9H19NO2S. The quantitative estimate of drug-likeness (QED) is 0.741. The normalized spacial score (nSPS) is 35.2. The third-order valence-electron chi connectivity index (χ3n) is 3.22. The lowest BCUT2D eigenvalue weighted by molar-refractivity contribution is 0.429. The summed E-state index contributed by atoms with van der Waals surface area (Å²) in [6, 6.07) is 0. The van der Waals surface area contributed by atoms with E-state index in [1.807, 2.05) is 0 Å². The second-order valence-electron chi connectivity index (χ2n) is 4.02. The largest absolute Gasteiger partial charge is 0.330 e. The van der Waals surface area contributed by atoms with E-state index >= 15 is 0 Å². The molecule has 4 heteroatoms. The SMILES string of the molecule is CCS(=O)(=O)[C@H]1C[C@H](CN)[C@@H](C)C1. The second kappa shape index (κ2) is 3.96. The van der Waals surface area contributed by atoms with Crippen molar-refractivity contribution in [3.63, 3.8) is 0 Å². The molecule has 1 aliphatic rings. The standard InChI is InChI=1S/C9H19NO2S/c1-3-13(11,12)9-4-7(2)8(5-9)6-10/h7-9H,3-6,10H2,1-2H3/t7-,8+,9+/m0/s1. The minimum absolute atomic E-state index is 0.124. The molecule has 0 amide bonds. The van der Waals surface area contributed by atoms with Crippen LogP contribution in [0.25, 0.3) is 0 Å². The van der Waals surface area contributed by atoms with Crippen molar-refractivity contribution in [2.24, 2.45) is 17.6 Å². The van der Waals surface area contributed by atoms with Gasteiger partial charge in [0.15, 0.2) is 9.84 Å². The van der Waals surface area contributed by atoms with Gasteiger partial charge in [-0.2, -0.15) is 0 Å². The highest BCUT2D eigenvalue weighted by Gasteiger charge is 2.36. The molecule has 2 N–H and O–H groups in total. The van der Waals surface area contributed by atoms with Gasteiger partial charge in [-0.15, -0.1) is 0 Å². The third kappa shape index (κ3) is 2.23. The van der Waals surface area contributed by atoms with Crippen molar-refractivity contribution < 1.29 is 8.42 Å². The summed E-state index contributed by atoms with van der Waals surface area (Å²) < 4.78 is 23.1. The van der Waals surface area contributed by atoms with Crippen LogP contribution in [0.2, 0.25) is 0 Å². The van der Waals surface area contributed by atoms with Crippen molar-refractivity contribution in [2.45, 2.75) is 31.9 Å². The van der Waals surface area contributed by atoms with Gasteiger partial charge < -0.3 is 5.73 Å². The number of rotatable bonds is 3. The zero-order chi connectivity index (χ0) is 10.1. The molecular weight excluding hydrogens is 186 g/mol. The summed E-state index contributed by atoms with van der Waals surface area (Å²) in [6.07, 6.45) is 1.58. The van der Waals surface area contributed by atoms with Gasteiger partial charge in [-0.05, 0) is 31.2 Å². The Morgan fingerprint density at radius 3 is 2.38 bits per heavy atom. The lowest BCUT2D eigenvalue weighted by Gasteiger charge is -2.10. The second-order valence-corrected chi connectivity index (χ2v) is 6.59. The molecule has 3 nitrogen and oxygen atoms in total. The maximum Gasteiger partial charge on any atom is 0.152 e. The van der Waals surface area contributed by atoms with Crippen LogP contribution in [0.5, 0.6) is 0 Å². The van der Waals surface area contributed by atoms with E-state index in [-0.39, 0.29) is 11.0 Å². The highest BCUT2D eigenvalue weighted by atomic mass is 32.2. The van der Waals surface area contributed by atoms with Gasteiger partial charge in [-0.25, -0.2) is 8.42 Å². The molecule has 13 heavy (non-hydrogen) atoms. The lowest BCUT2D eigenvalue weighted by atomic mass is 9.99. The molecule has 1 saturated carbocycles. The predicted molar refractivity (Wildman–Crippen MR) is 54.2 cm³/mol. The summed E-state index contributed by atoms with van der Waals surface area (Å²) in [7, 11) is -2.83. The van der Waals surface area contributed by atoms with Crippen LogP contribution in [-0.4, -0.2) is 26.0 Å². The summed E-state index contributed by atoms with van der Waals surface area (Å²) in [6.45, 7) is 4.44. The topological polar surface area (TPSA) is 60.2 Å². The molecule has 0 heterocycles. The van der Waals surface area contributed by atoms with Crippen molar-refractivity contribution >= 4 is 9.84 Å². The van der Waals surface area contributed by atoms with E-state index in [9.17, 15) is 8.42 Å². The highest BCUT2D eigenvalue weighted by Crippen LogP contribution is 2.34. The van der Waals surface area contributed by atoms with Crippen molar-refractivity contribution in [1.82, 2.24) is 0 Å². The van der Waals surface area contributed by atoms with Crippen LogP contribution in [0.1, 0.15) is 26.7 Å². The molecule has 0 aliphatic heterocycles. The first-order valence-electron chi connectivity index (χ1n) is 4.92. The van der Waals surface area contributed by atoms with E-state index < -0.39 is 9.84 Å². The van der Waals surface area contributed by atoms with Crippen molar-refractivity contribution in [3.05, 3.63) is 0 Å². The Labute approximate surface area is 80.6 Å². The fourth-order valence-electron chi connectivity index (χ4n) is 2.13. The summed E-state index contributed by atoms with van der Waals surface area (Å²) in [5.74, 6) is 1.14. The fourth-order valence-corrected chi connectivity index (χ4v) is 3.74. The number of sulfone groups is 1. The lowest BCUT2D eigenvalue weighted by Crippen LogP contribution is -2.21. The Balaban J connectivity index is 2.68. The number of hydrogen-bond donors (Lipinski definition) is 1. The average Bonchev–Trinajstić information content (AvgIpc) is 2.47. The van der Waals surface area contributed by atoms with Crippen LogP contribution >= 0.6 is 0 Å². The van der Waals surface area contributed by atoms with Crippen LogP contribution in [0.4, 0.5) is 0 Å². The van der Waals surface area contributed by atoms with Crippen LogP contribution in [0, 0.1) is 11.8 Å². The summed E-state index contributed by atoms with van der Waals surface area (Å²) in [4.78, 5) is 0. The fraction of sp³-hybridized carbons (Fsp3) is 1.00. The Kier molecular flexibility index (Phi) is 3.35. The molecule has 0 bridgehead atoms. The average molecular weight is 205 g/mol. The molecule has 0 radical (unpaired) electrons. The van der Waals surface area contributed by atoms with Crippen molar-refractivity contribution in [2.75, 3.05) is 12.3 Å². The van der Waals surface area contributed by atoms with Gasteiger partial charge in [0.1, 0.15) is 0 Å². The van der Waals surface area contributed by atoms with Gasteiger partial charge >= 0.3 is 0 Å². The van der Waals surface area contributed by atoms with Gasteiger partial charge in [-0.3, -0.25) is 0 Å². The van der Waals surface area contributed by atoms with E-state index in [0.717, 1.165) is 12.8 Å². The maximum absolute atomic E-state index is 11.6. The zero-order valence-corrected chi connectivity index (χ0v) is 9.18. The molecule has 0 spiro atoms. The molecule has 3 atom stereocenters. The van der Waals surface area contributed by atoms with E-state index in [0.29, 0.717) is 18.4 Å². The third-order valence-corrected chi connectivity index (χ3v) is 5.42. The smallest absolute Gasteiger partial charge is 0.152 e. The van der Waals surface area contributed by atoms with E-state index in [1.54, 1.807) is 6.92 Å².